The standard InChI is InChI=1S/C14H23NO2/c1-3-9-15-10-5-8-14(16)12-6-4-7-13(11-12)17-2/h4,6-7,11,14-16H,3,5,8-10H2,1-2H3. The summed E-state index contributed by atoms with van der Waals surface area (Å²) in [5, 5.41) is 13.3. The SMILES string of the molecule is CCCNCCCC(O)c1cccc(OC)c1. The van der Waals surface area contributed by atoms with Crippen LogP contribution in [0.4, 0.5) is 0 Å². The average Bonchev–Trinajstić information content (AvgIpc) is 2.38. The van der Waals surface area contributed by atoms with E-state index in [9.17, 15) is 5.11 Å². The molecule has 3 nitrogen and oxygen atoms in total. The lowest BCUT2D eigenvalue weighted by molar-refractivity contribution is 0.164. The first-order valence-corrected chi connectivity index (χ1v) is 6.30. The van der Waals surface area contributed by atoms with Gasteiger partial charge in [0.1, 0.15) is 5.75 Å². The normalized spacial score (nSPS) is 12.4. The fourth-order valence-corrected chi connectivity index (χ4v) is 1.74. The van der Waals surface area contributed by atoms with E-state index >= 15 is 0 Å². The molecule has 96 valence electrons. The second kappa shape index (κ2) is 8.09. The Morgan fingerprint density at radius 2 is 2.18 bits per heavy atom. The zero-order valence-corrected chi connectivity index (χ0v) is 10.8. The maximum atomic E-state index is 10.0. The van der Waals surface area contributed by atoms with Crippen molar-refractivity contribution in [3.63, 3.8) is 0 Å². The van der Waals surface area contributed by atoms with Crippen LogP contribution >= 0.6 is 0 Å². The zero-order chi connectivity index (χ0) is 12.5. The molecule has 17 heavy (non-hydrogen) atoms. The summed E-state index contributed by atoms with van der Waals surface area (Å²) in [7, 11) is 1.64. The van der Waals surface area contributed by atoms with Crippen LogP contribution in [-0.4, -0.2) is 25.3 Å². The summed E-state index contributed by atoms with van der Waals surface area (Å²) in [4.78, 5) is 0. The van der Waals surface area contributed by atoms with E-state index in [1.165, 1.54) is 0 Å². The van der Waals surface area contributed by atoms with Gasteiger partial charge in [0.2, 0.25) is 0 Å². The number of hydrogen-bond donors (Lipinski definition) is 2. The van der Waals surface area contributed by atoms with Gasteiger partial charge in [-0.3, -0.25) is 0 Å². The molecule has 0 spiro atoms. The highest BCUT2D eigenvalue weighted by atomic mass is 16.5. The Bertz CT molecular complexity index is 315. The van der Waals surface area contributed by atoms with E-state index in [0.29, 0.717) is 0 Å². The first kappa shape index (κ1) is 14.0. The molecular formula is C14H23NO2. The quantitative estimate of drug-likeness (QED) is 0.683. The Hall–Kier alpha value is -1.06. The number of nitrogens with one attached hydrogen (secondary N) is 1. The minimum atomic E-state index is -0.395. The Labute approximate surface area is 104 Å². The van der Waals surface area contributed by atoms with Gasteiger partial charge < -0.3 is 15.2 Å². The number of rotatable bonds is 8. The van der Waals surface area contributed by atoms with Gasteiger partial charge in [-0.25, -0.2) is 0 Å². The van der Waals surface area contributed by atoms with Crippen LogP contribution in [-0.2, 0) is 0 Å². The van der Waals surface area contributed by atoms with E-state index < -0.39 is 6.10 Å². The molecule has 0 saturated carbocycles. The molecule has 0 heterocycles. The third-order valence-electron chi connectivity index (χ3n) is 2.74. The smallest absolute Gasteiger partial charge is 0.119 e. The number of benzene rings is 1. The topological polar surface area (TPSA) is 41.5 Å². The maximum absolute atomic E-state index is 10.0. The van der Waals surface area contributed by atoms with Gasteiger partial charge in [0, 0.05) is 0 Å². The average molecular weight is 237 g/mol. The predicted octanol–water partition coefficient (Wildman–Crippen LogP) is 2.51. The summed E-state index contributed by atoms with van der Waals surface area (Å²) >= 11 is 0. The third kappa shape index (κ3) is 5.20. The molecule has 3 heteroatoms. The van der Waals surface area contributed by atoms with Gasteiger partial charge in [0.05, 0.1) is 13.2 Å². The first-order chi connectivity index (χ1) is 8.27. The van der Waals surface area contributed by atoms with Crippen LogP contribution in [0.3, 0.4) is 0 Å². The number of methoxy groups -OCH3 is 1. The van der Waals surface area contributed by atoms with Crippen molar-refractivity contribution in [3.05, 3.63) is 29.8 Å². The van der Waals surface area contributed by atoms with E-state index in [0.717, 1.165) is 43.7 Å². The summed E-state index contributed by atoms with van der Waals surface area (Å²) < 4.78 is 5.14. The lowest BCUT2D eigenvalue weighted by atomic mass is 10.0. The fourth-order valence-electron chi connectivity index (χ4n) is 1.74. The lowest BCUT2D eigenvalue weighted by Crippen LogP contribution is -2.16. The van der Waals surface area contributed by atoms with Crippen molar-refractivity contribution in [2.45, 2.75) is 32.3 Å². The van der Waals surface area contributed by atoms with Crippen molar-refractivity contribution >= 4 is 0 Å². The van der Waals surface area contributed by atoms with Crippen LogP contribution < -0.4 is 10.1 Å². The second-order valence-corrected chi connectivity index (χ2v) is 4.18. The van der Waals surface area contributed by atoms with Crippen molar-refractivity contribution in [2.75, 3.05) is 20.2 Å². The van der Waals surface area contributed by atoms with Gasteiger partial charge in [-0.05, 0) is 50.0 Å². The third-order valence-corrected chi connectivity index (χ3v) is 2.74. The molecule has 1 atom stereocenters. The van der Waals surface area contributed by atoms with Crippen LogP contribution in [0, 0.1) is 0 Å². The molecule has 0 aromatic heterocycles. The van der Waals surface area contributed by atoms with Crippen molar-refractivity contribution in [2.24, 2.45) is 0 Å². The molecule has 0 amide bonds. The van der Waals surface area contributed by atoms with Gasteiger partial charge in [-0.15, -0.1) is 0 Å². The minimum absolute atomic E-state index is 0.395. The van der Waals surface area contributed by atoms with Gasteiger partial charge in [-0.2, -0.15) is 0 Å². The van der Waals surface area contributed by atoms with Crippen molar-refractivity contribution in [1.82, 2.24) is 5.32 Å². The Morgan fingerprint density at radius 1 is 1.35 bits per heavy atom. The monoisotopic (exact) mass is 237 g/mol. The molecule has 0 bridgehead atoms. The Kier molecular flexibility index (Phi) is 6.67. The number of aliphatic hydroxyl groups excluding tert-OH is 1. The summed E-state index contributed by atoms with van der Waals surface area (Å²) in [6, 6.07) is 7.63. The van der Waals surface area contributed by atoms with Crippen LogP contribution in [0.5, 0.6) is 5.75 Å². The minimum Gasteiger partial charge on any atom is -0.497 e. The lowest BCUT2D eigenvalue weighted by Gasteiger charge is -2.12. The van der Waals surface area contributed by atoms with E-state index in [2.05, 4.69) is 12.2 Å². The summed E-state index contributed by atoms with van der Waals surface area (Å²) in [5.74, 6) is 0.797. The highest BCUT2D eigenvalue weighted by molar-refractivity contribution is 5.29. The van der Waals surface area contributed by atoms with Gasteiger partial charge >= 0.3 is 0 Å². The van der Waals surface area contributed by atoms with Crippen LogP contribution in [0.1, 0.15) is 37.9 Å². The molecule has 1 rings (SSSR count). The molecule has 1 aromatic carbocycles. The summed E-state index contributed by atoms with van der Waals surface area (Å²) in [6.45, 7) is 4.17. The van der Waals surface area contributed by atoms with Crippen LogP contribution in [0.25, 0.3) is 0 Å². The fraction of sp³-hybridized carbons (Fsp3) is 0.571. The molecule has 0 aliphatic heterocycles. The molecule has 0 fully saturated rings. The van der Waals surface area contributed by atoms with E-state index in [1.807, 2.05) is 24.3 Å². The number of ether oxygens (including phenoxy) is 1. The molecule has 1 aromatic rings. The Balaban J connectivity index is 2.33. The molecule has 1 unspecified atom stereocenters. The summed E-state index contributed by atoms with van der Waals surface area (Å²) in [6.07, 6.45) is 2.52. The van der Waals surface area contributed by atoms with Gasteiger partial charge in [-0.1, -0.05) is 19.1 Å². The maximum Gasteiger partial charge on any atom is 0.119 e. The number of hydrogen-bond acceptors (Lipinski definition) is 3. The highest BCUT2D eigenvalue weighted by Crippen LogP contribution is 2.22. The van der Waals surface area contributed by atoms with Gasteiger partial charge in [0.15, 0.2) is 0 Å². The van der Waals surface area contributed by atoms with Crippen LogP contribution in [0.15, 0.2) is 24.3 Å². The predicted molar refractivity (Wildman–Crippen MR) is 70.3 cm³/mol. The Morgan fingerprint density at radius 3 is 2.88 bits per heavy atom. The molecule has 0 aliphatic carbocycles. The largest absolute Gasteiger partial charge is 0.497 e. The van der Waals surface area contributed by atoms with Crippen molar-refractivity contribution < 1.29 is 9.84 Å². The second-order valence-electron chi connectivity index (χ2n) is 4.18. The van der Waals surface area contributed by atoms with E-state index in [4.69, 9.17) is 4.74 Å². The summed E-state index contributed by atoms with van der Waals surface area (Å²) in [5.41, 5.74) is 0.930. The highest BCUT2D eigenvalue weighted by Gasteiger charge is 2.07. The molecule has 0 aliphatic rings. The van der Waals surface area contributed by atoms with Crippen molar-refractivity contribution in [1.29, 1.82) is 0 Å². The number of aliphatic hydroxyl groups is 1. The van der Waals surface area contributed by atoms with Crippen LogP contribution in [0.2, 0.25) is 0 Å². The molecular weight excluding hydrogens is 214 g/mol. The van der Waals surface area contributed by atoms with E-state index in [-0.39, 0.29) is 0 Å². The van der Waals surface area contributed by atoms with Gasteiger partial charge in [0.25, 0.3) is 0 Å². The molecule has 0 radical (unpaired) electrons. The zero-order valence-electron chi connectivity index (χ0n) is 10.8. The molecule has 2 N–H and O–H groups in total. The first-order valence-electron chi connectivity index (χ1n) is 6.30. The van der Waals surface area contributed by atoms with Crippen molar-refractivity contribution in [3.8, 4) is 5.75 Å². The molecule has 0 saturated heterocycles. The van der Waals surface area contributed by atoms with E-state index in [1.54, 1.807) is 7.11 Å².